The van der Waals surface area contributed by atoms with Crippen LogP contribution in [0.5, 0.6) is 5.75 Å². The summed E-state index contributed by atoms with van der Waals surface area (Å²) in [5, 5.41) is 2.35. The fraction of sp³-hybridized carbons (Fsp3) is 0.136. The molecule has 158 valence electrons. The molecule has 31 heavy (non-hydrogen) atoms. The van der Waals surface area contributed by atoms with Crippen molar-refractivity contribution in [2.24, 2.45) is 0 Å². The van der Waals surface area contributed by atoms with Gasteiger partial charge in [-0.3, -0.25) is 4.79 Å². The molecule has 0 saturated carbocycles. The minimum atomic E-state index is -2.95. The Hall–Kier alpha value is -3.59. The van der Waals surface area contributed by atoms with Gasteiger partial charge in [0.05, 0.1) is 10.9 Å². The highest BCUT2D eigenvalue weighted by atomic mass is 32.1. The van der Waals surface area contributed by atoms with Crippen molar-refractivity contribution in [2.75, 3.05) is 0 Å². The lowest BCUT2D eigenvalue weighted by Gasteiger charge is -2.13. The fourth-order valence-corrected chi connectivity index (χ4v) is 4.00. The SMILES string of the molecule is C[C@@H](OC(=O)c1ccc(OC(F)F)cc1)c1nc2scc(-c3ccccc3)c2c(=O)[nH]1. The molecule has 1 atom stereocenters. The maximum atomic E-state index is 12.7. The highest BCUT2D eigenvalue weighted by Crippen LogP contribution is 2.31. The molecule has 1 N–H and O–H groups in total. The smallest absolute Gasteiger partial charge is 0.387 e. The number of alkyl halides is 2. The lowest BCUT2D eigenvalue weighted by atomic mass is 10.1. The topological polar surface area (TPSA) is 81.3 Å². The largest absolute Gasteiger partial charge is 0.451 e. The summed E-state index contributed by atoms with van der Waals surface area (Å²) in [5.74, 6) is -0.539. The van der Waals surface area contributed by atoms with Gasteiger partial charge in [-0.2, -0.15) is 8.78 Å². The lowest BCUT2D eigenvalue weighted by Crippen LogP contribution is -2.17. The molecule has 2 aromatic heterocycles. The van der Waals surface area contributed by atoms with E-state index >= 15 is 0 Å². The molecule has 0 aliphatic rings. The van der Waals surface area contributed by atoms with Crippen molar-refractivity contribution in [3.63, 3.8) is 0 Å². The number of halogens is 2. The Balaban J connectivity index is 1.55. The number of carbonyl (C=O) groups excluding carboxylic acids is 1. The van der Waals surface area contributed by atoms with E-state index in [9.17, 15) is 18.4 Å². The van der Waals surface area contributed by atoms with Gasteiger partial charge < -0.3 is 14.5 Å². The number of hydrogen-bond donors (Lipinski definition) is 1. The normalized spacial score (nSPS) is 12.1. The summed E-state index contributed by atoms with van der Waals surface area (Å²) < 4.78 is 34.1. The third-order valence-electron chi connectivity index (χ3n) is 4.53. The first kappa shape index (κ1) is 20.7. The number of fused-ring (bicyclic) bond motifs is 1. The molecular formula is C22H16F2N2O4S. The zero-order valence-corrected chi connectivity index (χ0v) is 17.0. The fourth-order valence-electron chi connectivity index (χ4n) is 3.05. The third kappa shape index (κ3) is 4.46. The van der Waals surface area contributed by atoms with E-state index < -0.39 is 18.7 Å². The standard InChI is InChI=1S/C22H16F2N2O4S/c1-12(29-21(28)14-7-9-15(10-8-14)30-22(23)24)18-25-19(27)17-16(11-31-20(17)26-18)13-5-3-2-4-6-13/h2-12,22H,1H3,(H,25,26,27)/t12-/m1/s1. The molecule has 0 unspecified atom stereocenters. The van der Waals surface area contributed by atoms with E-state index in [0.29, 0.717) is 10.2 Å². The average Bonchev–Trinajstić information content (AvgIpc) is 3.19. The number of hydrogen-bond acceptors (Lipinski definition) is 6. The molecule has 0 aliphatic heterocycles. The maximum absolute atomic E-state index is 12.7. The maximum Gasteiger partial charge on any atom is 0.387 e. The van der Waals surface area contributed by atoms with Crippen LogP contribution in [0.1, 0.15) is 29.2 Å². The van der Waals surface area contributed by atoms with Crippen molar-refractivity contribution in [1.29, 1.82) is 0 Å². The van der Waals surface area contributed by atoms with Crippen LogP contribution < -0.4 is 10.3 Å². The average molecular weight is 442 g/mol. The van der Waals surface area contributed by atoms with Gasteiger partial charge in [0.25, 0.3) is 5.56 Å². The van der Waals surface area contributed by atoms with Gasteiger partial charge in [0.15, 0.2) is 11.9 Å². The van der Waals surface area contributed by atoms with E-state index in [0.717, 1.165) is 11.1 Å². The second kappa shape index (κ2) is 8.65. The van der Waals surface area contributed by atoms with Crippen LogP contribution in [0.3, 0.4) is 0 Å². The van der Waals surface area contributed by atoms with Gasteiger partial charge in [0, 0.05) is 10.9 Å². The zero-order valence-electron chi connectivity index (χ0n) is 16.2. The molecule has 0 spiro atoms. The van der Waals surface area contributed by atoms with E-state index in [2.05, 4.69) is 14.7 Å². The Morgan fingerprint density at radius 1 is 1.10 bits per heavy atom. The molecule has 0 amide bonds. The van der Waals surface area contributed by atoms with Crippen molar-refractivity contribution >= 4 is 27.5 Å². The number of benzene rings is 2. The summed E-state index contributed by atoms with van der Waals surface area (Å²) in [6, 6.07) is 14.6. The van der Waals surface area contributed by atoms with Gasteiger partial charge in [-0.25, -0.2) is 9.78 Å². The summed E-state index contributed by atoms with van der Waals surface area (Å²) >= 11 is 1.33. The van der Waals surface area contributed by atoms with Crippen LogP contribution in [0.25, 0.3) is 21.3 Å². The summed E-state index contributed by atoms with van der Waals surface area (Å²) in [7, 11) is 0. The molecule has 0 fully saturated rings. The van der Waals surface area contributed by atoms with Crippen molar-refractivity contribution in [2.45, 2.75) is 19.6 Å². The first-order valence-electron chi connectivity index (χ1n) is 9.25. The number of aromatic nitrogens is 2. The Labute approximate surface area is 179 Å². The number of aromatic amines is 1. The number of carbonyl (C=O) groups is 1. The molecule has 6 nitrogen and oxygen atoms in total. The predicted molar refractivity (Wildman–Crippen MR) is 113 cm³/mol. The van der Waals surface area contributed by atoms with Gasteiger partial charge in [0.1, 0.15) is 10.6 Å². The first-order chi connectivity index (χ1) is 14.9. The van der Waals surface area contributed by atoms with Crippen LogP contribution in [0.4, 0.5) is 8.78 Å². The van der Waals surface area contributed by atoms with Crippen LogP contribution >= 0.6 is 11.3 Å². The third-order valence-corrected chi connectivity index (χ3v) is 5.40. The van der Waals surface area contributed by atoms with Crippen molar-refractivity contribution in [3.05, 3.63) is 81.7 Å². The van der Waals surface area contributed by atoms with Crippen molar-refractivity contribution in [3.8, 4) is 16.9 Å². The van der Waals surface area contributed by atoms with Crippen LogP contribution in [0.15, 0.2) is 64.8 Å². The summed E-state index contributed by atoms with van der Waals surface area (Å²) in [5.41, 5.74) is 1.53. The van der Waals surface area contributed by atoms with E-state index in [1.165, 1.54) is 35.6 Å². The molecular weight excluding hydrogens is 426 g/mol. The van der Waals surface area contributed by atoms with E-state index in [4.69, 9.17) is 4.74 Å². The monoisotopic (exact) mass is 442 g/mol. The van der Waals surface area contributed by atoms with Crippen LogP contribution in [-0.4, -0.2) is 22.5 Å². The molecule has 0 radical (unpaired) electrons. The molecule has 4 rings (SSSR count). The highest BCUT2D eigenvalue weighted by Gasteiger charge is 2.19. The van der Waals surface area contributed by atoms with Crippen molar-refractivity contribution < 1.29 is 23.0 Å². The number of nitrogens with zero attached hydrogens (tertiary/aromatic N) is 1. The Morgan fingerprint density at radius 3 is 2.48 bits per heavy atom. The first-order valence-corrected chi connectivity index (χ1v) is 10.1. The molecule has 2 aromatic carbocycles. The number of esters is 1. The number of thiophene rings is 1. The van der Waals surface area contributed by atoms with Gasteiger partial charge in [-0.05, 0) is 36.8 Å². The van der Waals surface area contributed by atoms with Gasteiger partial charge in [-0.15, -0.1) is 11.3 Å². The number of nitrogens with one attached hydrogen (secondary N) is 1. The second-order valence-corrected chi connectivity index (χ2v) is 7.46. The summed E-state index contributed by atoms with van der Waals surface area (Å²) in [4.78, 5) is 32.8. The van der Waals surface area contributed by atoms with E-state index in [1.807, 2.05) is 35.7 Å². The van der Waals surface area contributed by atoms with Crippen LogP contribution in [-0.2, 0) is 4.74 Å². The molecule has 2 heterocycles. The Bertz CT molecular complexity index is 1270. The number of H-pyrrole nitrogens is 1. The predicted octanol–water partition coefficient (Wildman–Crippen LogP) is 5.17. The van der Waals surface area contributed by atoms with Gasteiger partial charge >= 0.3 is 12.6 Å². The lowest BCUT2D eigenvalue weighted by molar-refractivity contribution is -0.0498. The Kier molecular flexibility index (Phi) is 5.77. The van der Waals surface area contributed by atoms with Crippen LogP contribution in [0, 0.1) is 0 Å². The van der Waals surface area contributed by atoms with Gasteiger partial charge in [-0.1, -0.05) is 30.3 Å². The molecule has 0 aliphatic carbocycles. The molecule has 4 aromatic rings. The molecule has 9 heteroatoms. The van der Waals surface area contributed by atoms with Crippen molar-refractivity contribution in [1.82, 2.24) is 9.97 Å². The molecule has 0 bridgehead atoms. The minimum absolute atomic E-state index is 0.0667. The zero-order chi connectivity index (χ0) is 22.0. The van der Waals surface area contributed by atoms with Crippen LogP contribution in [0.2, 0.25) is 0 Å². The summed E-state index contributed by atoms with van der Waals surface area (Å²) in [6.45, 7) is -1.36. The number of rotatable bonds is 6. The highest BCUT2D eigenvalue weighted by molar-refractivity contribution is 7.17. The quantitative estimate of drug-likeness (QED) is 0.417. The van der Waals surface area contributed by atoms with E-state index in [-0.39, 0.29) is 22.7 Å². The summed E-state index contributed by atoms with van der Waals surface area (Å²) in [6.07, 6.45) is -0.830. The minimum Gasteiger partial charge on any atom is -0.451 e. The Morgan fingerprint density at radius 2 is 1.81 bits per heavy atom. The molecule has 0 saturated heterocycles. The van der Waals surface area contributed by atoms with Gasteiger partial charge in [0.2, 0.25) is 0 Å². The second-order valence-electron chi connectivity index (χ2n) is 6.60. The number of ether oxygens (including phenoxy) is 2. The van der Waals surface area contributed by atoms with E-state index in [1.54, 1.807) is 6.92 Å².